The average Bonchev–Trinajstić information content (AvgIpc) is 3.21. The molecule has 3 aromatic heterocycles. The zero-order valence-electron chi connectivity index (χ0n) is 16.0. The molecule has 0 saturated carbocycles. The van der Waals surface area contributed by atoms with Gasteiger partial charge in [0.2, 0.25) is 5.91 Å². The minimum atomic E-state index is 0.181. The van der Waals surface area contributed by atoms with Crippen molar-refractivity contribution < 1.29 is 4.79 Å². The van der Waals surface area contributed by atoms with Gasteiger partial charge in [0.15, 0.2) is 0 Å². The third-order valence-electron chi connectivity index (χ3n) is 5.37. The second-order valence-electron chi connectivity index (χ2n) is 7.09. The van der Waals surface area contributed by atoms with Gasteiger partial charge in [-0.1, -0.05) is 0 Å². The first-order valence-corrected chi connectivity index (χ1v) is 9.28. The second kappa shape index (κ2) is 6.98. The number of nitrogens with zero attached hydrogens (tertiary/aromatic N) is 5. The summed E-state index contributed by atoms with van der Waals surface area (Å²) in [4.78, 5) is 26.9. The van der Waals surface area contributed by atoms with Crippen molar-refractivity contribution in [2.75, 3.05) is 6.54 Å². The number of carbonyl (C=O) groups is 1. The summed E-state index contributed by atoms with van der Waals surface area (Å²) in [6, 6.07) is 3.88. The number of hydrogen-bond donors (Lipinski definition) is 1. The van der Waals surface area contributed by atoms with E-state index < -0.39 is 0 Å². The van der Waals surface area contributed by atoms with E-state index in [0.717, 1.165) is 47.0 Å². The molecule has 1 aliphatic heterocycles. The average molecular weight is 364 g/mol. The van der Waals surface area contributed by atoms with Gasteiger partial charge in [0.1, 0.15) is 5.82 Å². The van der Waals surface area contributed by atoms with Crippen LogP contribution >= 0.6 is 0 Å². The van der Waals surface area contributed by atoms with Gasteiger partial charge < -0.3 is 9.88 Å². The molecule has 1 aliphatic rings. The van der Waals surface area contributed by atoms with Crippen LogP contribution in [0.5, 0.6) is 0 Å². The smallest absolute Gasteiger partial charge is 0.223 e. The Labute approximate surface area is 158 Å². The van der Waals surface area contributed by atoms with E-state index >= 15 is 0 Å². The van der Waals surface area contributed by atoms with Crippen molar-refractivity contribution in [3.63, 3.8) is 0 Å². The van der Waals surface area contributed by atoms with Gasteiger partial charge in [-0.3, -0.25) is 14.5 Å². The number of imidazole rings is 1. The number of aromatic amines is 1. The number of pyridine rings is 1. The van der Waals surface area contributed by atoms with Crippen molar-refractivity contribution in [3.8, 4) is 11.4 Å². The van der Waals surface area contributed by atoms with Gasteiger partial charge in [-0.15, -0.1) is 0 Å². The lowest BCUT2D eigenvalue weighted by molar-refractivity contribution is -0.132. The van der Waals surface area contributed by atoms with Crippen LogP contribution in [0, 0.1) is 13.8 Å². The van der Waals surface area contributed by atoms with Gasteiger partial charge in [-0.2, -0.15) is 5.10 Å². The summed E-state index contributed by atoms with van der Waals surface area (Å²) in [5.41, 5.74) is 6.38. The van der Waals surface area contributed by atoms with E-state index in [4.69, 9.17) is 0 Å². The molecular weight excluding hydrogens is 340 g/mol. The number of H-pyrrole nitrogens is 1. The van der Waals surface area contributed by atoms with E-state index in [9.17, 15) is 4.79 Å². The molecule has 0 bridgehead atoms. The third kappa shape index (κ3) is 3.37. The molecule has 4 heterocycles. The van der Waals surface area contributed by atoms with Crippen molar-refractivity contribution in [1.82, 2.24) is 29.6 Å². The van der Waals surface area contributed by atoms with Crippen LogP contribution in [0.15, 0.2) is 24.5 Å². The molecule has 1 amide bonds. The van der Waals surface area contributed by atoms with Crippen LogP contribution < -0.4 is 0 Å². The fourth-order valence-electron chi connectivity index (χ4n) is 3.72. The minimum Gasteiger partial charge on any atom is -0.340 e. The molecule has 4 rings (SSSR count). The molecular formula is C20H24N6O. The molecule has 0 aliphatic carbocycles. The highest BCUT2D eigenvalue weighted by atomic mass is 16.2. The lowest BCUT2D eigenvalue weighted by Gasteiger charge is -2.26. The summed E-state index contributed by atoms with van der Waals surface area (Å²) in [5, 5.41) is 4.44. The molecule has 1 N–H and O–H groups in total. The van der Waals surface area contributed by atoms with Crippen molar-refractivity contribution >= 4 is 5.91 Å². The van der Waals surface area contributed by atoms with Gasteiger partial charge in [-0.25, -0.2) is 4.98 Å². The number of carbonyl (C=O) groups excluding carboxylic acids is 1. The van der Waals surface area contributed by atoms with Gasteiger partial charge in [-0.05, 0) is 38.0 Å². The zero-order chi connectivity index (χ0) is 19.0. The standard InChI is InChI=1S/C20H24N6O/c1-13-16(14(2)25(3)24-13)6-7-19(27)26-10-8-17-18(12-26)23-20(22-17)15-5-4-9-21-11-15/h4-5,9,11H,6-8,10,12H2,1-3H3,(H,22,23). The van der Waals surface area contributed by atoms with Gasteiger partial charge in [0.05, 0.1) is 23.6 Å². The molecule has 0 aromatic carbocycles. The number of amides is 1. The molecule has 7 heteroatoms. The monoisotopic (exact) mass is 364 g/mol. The Hall–Kier alpha value is -2.96. The highest BCUT2D eigenvalue weighted by Gasteiger charge is 2.24. The van der Waals surface area contributed by atoms with Gasteiger partial charge >= 0.3 is 0 Å². The summed E-state index contributed by atoms with van der Waals surface area (Å²) in [7, 11) is 1.94. The van der Waals surface area contributed by atoms with Gasteiger partial charge in [0, 0.05) is 50.1 Å². The molecule has 0 unspecified atom stereocenters. The summed E-state index contributed by atoms with van der Waals surface area (Å²) in [5.74, 6) is 1.00. The van der Waals surface area contributed by atoms with Crippen LogP contribution in [-0.2, 0) is 31.2 Å². The Balaban J connectivity index is 1.43. The number of aryl methyl sites for hydroxylation is 2. The highest BCUT2D eigenvalue weighted by Crippen LogP contribution is 2.23. The number of nitrogens with one attached hydrogen (secondary N) is 1. The quantitative estimate of drug-likeness (QED) is 0.771. The van der Waals surface area contributed by atoms with Crippen LogP contribution in [0.4, 0.5) is 0 Å². The fraction of sp³-hybridized carbons (Fsp3) is 0.400. The van der Waals surface area contributed by atoms with Crippen LogP contribution in [0.3, 0.4) is 0 Å². The number of aromatic nitrogens is 5. The van der Waals surface area contributed by atoms with Crippen LogP contribution in [0.1, 0.15) is 34.8 Å². The van der Waals surface area contributed by atoms with Gasteiger partial charge in [0.25, 0.3) is 0 Å². The molecule has 27 heavy (non-hydrogen) atoms. The predicted octanol–water partition coefficient (Wildman–Crippen LogP) is 2.34. The topological polar surface area (TPSA) is 79.7 Å². The van der Waals surface area contributed by atoms with E-state index in [2.05, 4.69) is 27.0 Å². The number of hydrogen-bond acceptors (Lipinski definition) is 4. The van der Waals surface area contributed by atoms with Crippen molar-refractivity contribution in [2.45, 2.75) is 39.7 Å². The highest BCUT2D eigenvalue weighted by molar-refractivity contribution is 5.76. The molecule has 0 spiro atoms. The summed E-state index contributed by atoms with van der Waals surface area (Å²) in [6.07, 6.45) is 5.57. The number of rotatable bonds is 4. The fourth-order valence-corrected chi connectivity index (χ4v) is 3.72. The molecule has 0 saturated heterocycles. The summed E-state index contributed by atoms with van der Waals surface area (Å²) in [6.45, 7) is 5.36. The van der Waals surface area contributed by atoms with Crippen LogP contribution in [-0.4, -0.2) is 42.1 Å². The van der Waals surface area contributed by atoms with Crippen molar-refractivity contribution in [1.29, 1.82) is 0 Å². The maximum atomic E-state index is 12.7. The van der Waals surface area contributed by atoms with Crippen molar-refractivity contribution in [2.24, 2.45) is 7.05 Å². The largest absolute Gasteiger partial charge is 0.340 e. The first kappa shape index (κ1) is 17.5. The van der Waals surface area contributed by atoms with E-state index in [1.165, 1.54) is 5.56 Å². The molecule has 0 radical (unpaired) electrons. The molecule has 0 fully saturated rings. The zero-order valence-corrected chi connectivity index (χ0v) is 16.0. The Morgan fingerprint density at radius 3 is 2.89 bits per heavy atom. The maximum Gasteiger partial charge on any atom is 0.223 e. The Kier molecular flexibility index (Phi) is 4.51. The first-order valence-electron chi connectivity index (χ1n) is 9.28. The maximum absolute atomic E-state index is 12.7. The van der Waals surface area contributed by atoms with E-state index in [1.54, 1.807) is 12.4 Å². The molecule has 7 nitrogen and oxygen atoms in total. The molecule has 3 aromatic rings. The Bertz CT molecular complexity index is 972. The van der Waals surface area contributed by atoms with E-state index in [0.29, 0.717) is 19.5 Å². The summed E-state index contributed by atoms with van der Waals surface area (Å²) < 4.78 is 1.88. The SMILES string of the molecule is Cc1nn(C)c(C)c1CCC(=O)N1CCc2nc(-c3cccnc3)[nH]c2C1. The second-order valence-corrected chi connectivity index (χ2v) is 7.09. The molecule has 0 atom stereocenters. The van der Waals surface area contributed by atoms with Crippen molar-refractivity contribution in [3.05, 3.63) is 52.9 Å². The third-order valence-corrected chi connectivity index (χ3v) is 5.37. The minimum absolute atomic E-state index is 0.181. The number of fused-ring (bicyclic) bond motifs is 1. The van der Waals surface area contributed by atoms with E-state index in [1.807, 2.05) is 35.7 Å². The Morgan fingerprint density at radius 1 is 1.33 bits per heavy atom. The van der Waals surface area contributed by atoms with Crippen LogP contribution in [0.2, 0.25) is 0 Å². The lowest BCUT2D eigenvalue weighted by atomic mass is 10.1. The predicted molar refractivity (Wildman–Crippen MR) is 102 cm³/mol. The lowest BCUT2D eigenvalue weighted by Crippen LogP contribution is -2.36. The molecule has 140 valence electrons. The van der Waals surface area contributed by atoms with E-state index in [-0.39, 0.29) is 5.91 Å². The summed E-state index contributed by atoms with van der Waals surface area (Å²) >= 11 is 0. The first-order chi connectivity index (χ1) is 13.0. The Morgan fingerprint density at radius 2 is 2.19 bits per heavy atom. The van der Waals surface area contributed by atoms with Crippen LogP contribution in [0.25, 0.3) is 11.4 Å². The normalized spacial score (nSPS) is 13.7.